The quantitative estimate of drug-likeness (QED) is 0.799. The summed E-state index contributed by atoms with van der Waals surface area (Å²) in [7, 11) is 1.70. The van der Waals surface area contributed by atoms with Crippen molar-refractivity contribution in [2.45, 2.75) is 36.6 Å². The Balaban J connectivity index is 2.14. The second-order valence-electron chi connectivity index (χ2n) is 4.20. The third-order valence-electron chi connectivity index (χ3n) is 3.10. The van der Waals surface area contributed by atoms with Gasteiger partial charge in [0.2, 0.25) is 0 Å². The van der Waals surface area contributed by atoms with E-state index in [-0.39, 0.29) is 0 Å². The van der Waals surface area contributed by atoms with Crippen molar-refractivity contribution in [3.05, 3.63) is 16.9 Å². The molecule has 1 heterocycles. The second-order valence-corrected chi connectivity index (χ2v) is 5.90. The Hall–Kier alpha value is -0.0600. The lowest BCUT2D eigenvalue weighted by Gasteiger charge is -2.13. The summed E-state index contributed by atoms with van der Waals surface area (Å²) in [5.41, 5.74) is 1.18. The molecule has 2 rings (SSSR count). The minimum absolute atomic E-state index is 0.538. The minimum atomic E-state index is 0.538. The number of halogens is 2. The molecule has 0 spiro atoms. The van der Waals surface area contributed by atoms with Gasteiger partial charge in [0.1, 0.15) is 0 Å². The summed E-state index contributed by atoms with van der Waals surface area (Å²) in [5.74, 6) is 0.538. The molecule has 0 aromatic carbocycles. The van der Waals surface area contributed by atoms with Crippen LogP contribution >= 0.6 is 27.5 Å². The zero-order chi connectivity index (χ0) is 11.5. The Bertz CT molecular complexity index is 356. The van der Waals surface area contributed by atoms with Gasteiger partial charge in [-0.2, -0.15) is 5.10 Å². The van der Waals surface area contributed by atoms with Crippen molar-refractivity contribution in [2.75, 3.05) is 13.7 Å². The maximum atomic E-state index is 6.21. The SMILES string of the molecule is COCCn1ncc(Cl)c1C1CCC(Br)C1. The van der Waals surface area contributed by atoms with Crippen molar-refractivity contribution in [1.29, 1.82) is 0 Å². The van der Waals surface area contributed by atoms with Crippen LogP contribution in [0.1, 0.15) is 30.9 Å². The van der Waals surface area contributed by atoms with Crippen LogP contribution in [-0.2, 0) is 11.3 Å². The first kappa shape index (κ1) is 12.4. The van der Waals surface area contributed by atoms with Crippen LogP contribution in [0.3, 0.4) is 0 Å². The van der Waals surface area contributed by atoms with E-state index in [1.807, 2.05) is 4.68 Å². The molecule has 0 N–H and O–H groups in total. The standard InChI is InChI=1S/C11H16BrClN2O/c1-16-5-4-15-11(10(13)7-14-15)8-2-3-9(12)6-8/h7-9H,2-6H2,1H3. The molecule has 1 aliphatic carbocycles. The molecule has 1 aromatic rings. The molecule has 0 saturated heterocycles. The monoisotopic (exact) mass is 306 g/mol. The highest BCUT2D eigenvalue weighted by Crippen LogP contribution is 2.40. The van der Waals surface area contributed by atoms with Crippen molar-refractivity contribution in [2.24, 2.45) is 0 Å². The van der Waals surface area contributed by atoms with Gasteiger partial charge in [-0.15, -0.1) is 0 Å². The van der Waals surface area contributed by atoms with E-state index in [1.54, 1.807) is 13.3 Å². The van der Waals surface area contributed by atoms with Crippen molar-refractivity contribution in [3.8, 4) is 0 Å². The molecule has 1 aliphatic rings. The number of ether oxygens (including phenoxy) is 1. The van der Waals surface area contributed by atoms with Crippen molar-refractivity contribution < 1.29 is 4.74 Å². The Labute approximate surface area is 109 Å². The summed E-state index contributed by atoms with van der Waals surface area (Å²) in [4.78, 5) is 0.624. The molecule has 1 saturated carbocycles. The highest BCUT2D eigenvalue weighted by Gasteiger charge is 2.28. The third-order valence-corrected chi connectivity index (χ3v) is 4.22. The molecule has 0 amide bonds. The zero-order valence-electron chi connectivity index (χ0n) is 9.33. The van der Waals surface area contributed by atoms with E-state index in [0.29, 0.717) is 17.4 Å². The largest absolute Gasteiger partial charge is 0.383 e. The molecule has 1 fully saturated rings. The van der Waals surface area contributed by atoms with Crippen LogP contribution in [0.15, 0.2) is 6.20 Å². The van der Waals surface area contributed by atoms with Crippen LogP contribution in [0, 0.1) is 0 Å². The highest BCUT2D eigenvalue weighted by molar-refractivity contribution is 9.09. The molecule has 1 aromatic heterocycles. The number of alkyl halides is 1. The van der Waals surface area contributed by atoms with Gasteiger partial charge in [0.15, 0.2) is 0 Å². The Morgan fingerprint density at radius 2 is 2.44 bits per heavy atom. The van der Waals surface area contributed by atoms with E-state index in [9.17, 15) is 0 Å². The molecule has 3 nitrogen and oxygen atoms in total. The maximum Gasteiger partial charge on any atom is 0.0820 e. The van der Waals surface area contributed by atoms with Gasteiger partial charge in [-0.25, -0.2) is 0 Å². The summed E-state index contributed by atoms with van der Waals surface area (Å²) in [6.07, 6.45) is 5.30. The number of hydrogen-bond acceptors (Lipinski definition) is 2. The summed E-state index contributed by atoms with van der Waals surface area (Å²) in [6.45, 7) is 1.46. The first-order valence-electron chi connectivity index (χ1n) is 5.56. The Morgan fingerprint density at radius 3 is 3.06 bits per heavy atom. The Morgan fingerprint density at radius 1 is 1.62 bits per heavy atom. The molecule has 0 aliphatic heterocycles. The topological polar surface area (TPSA) is 27.1 Å². The van der Waals surface area contributed by atoms with Gasteiger partial charge >= 0.3 is 0 Å². The van der Waals surface area contributed by atoms with Gasteiger partial charge in [0.05, 0.1) is 30.1 Å². The maximum absolute atomic E-state index is 6.21. The number of aromatic nitrogens is 2. The summed E-state index contributed by atoms with van der Waals surface area (Å²) >= 11 is 9.88. The van der Waals surface area contributed by atoms with Crippen LogP contribution in [-0.4, -0.2) is 28.3 Å². The van der Waals surface area contributed by atoms with E-state index < -0.39 is 0 Å². The van der Waals surface area contributed by atoms with Crippen LogP contribution in [0.2, 0.25) is 5.02 Å². The molecule has 2 unspecified atom stereocenters. The average Bonchev–Trinajstić information content (AvgIpc) is 2.82. The number of hydrogen-bond donors (Lipinski definition) is 0. The first-order valence-corrected chi connectivity index (χ1v) is 6.86. The van der Waals surface area contributed by atoms with E-state index >= 15 is 0 Å². The van der Waals surface area contributed by atoms with Gasteiger partial charge in [-0.3, -0.25) is 4.68 Å². The van der Waals surface area contributed by atoms with E-state index in [2.05, 4.69) is 21.0 Å². The summed E-state index contributed by atoms with van der Waals surface area (Å²) in [6, 6.07) is 0. The van der Waals surface area contributed by atoms with Crippen molar-refractivity contribution >= 4 is 27.5 Å². The smallest absolute Gasteiger partial charge is 0.0820 e. The fourth-order valence-corrected chi connectivity index (χ4v) is 3.32. The van der Waals surface area contributed by atoms with Gasteiger partial charge in [-0.05, 0) is 19.3 Å². The molecule has 2 atom stereocenters. The fraction of sp³-hybridized carbons (Fsp3) is 0.727. The lowest BCUT2D eigenvalue weighted by Crippen LogP contribution is -2.12. The van der Waals surface area contributed by atoms with Gasteiger partial charge < -0.3 is 4.74 Å². The van der Waals surface area contributed by atoms with Crippen LogP contribution < -0.4 is 0 Å². The minimum Gasteiger partial charge on any atom is -0.383 e. The predicted molar refractivity (Wildman–Crippen MR) is 68.4 cm³/mol. The molecule has 90 valence electrons. The van der Waals surface area contributed by atoms with E-state index in [1.165, 1.54) is 18.5 Å². The summed E-state index contributed by atoms with van der Waals surface area (Å²) < 4.78 is 7.07. The first-order chi connectivity index (χ1) is 7.72. The van der Waals surface area contributed by atoms with Crippen LogP contribution in [0.4, 0.5) is 0 Å². The molecule has 5 heteroatoms. The van der Waals surface area contributed by atoms with Crippen LogP contribution in [0.5, 0.6) is 0 Å². The lowest BCUT2D eigenvalue weighted by molar-refractivity contribution is 0.182. The molecule has 0 radical (unpaired) electrons. The normalized spacial score (nSPS) is 25.2. The van der Waals surface area contributed by atoms with E-state index in [4.69, 9.17) is 16.3 Å². The van der Waals surface area contributed by atoms with E-state index in [0.717, 1.165) is 18.0 Å². The molecular weight excluding hydrogens is 291 g/mol. The molecule has 0 bridgehead atoms. The summed E-state index contributed by atoms with van der Waals surface area (Å²) in [5, 5.41) is 5.11. The molecule has 16 heavy (non-hydrogen) atoms. The fourth-order valence-electron chi connectivity index (χ4n) is 2.31. The van der Waals surface area contributed by atoms with Gasteiger partial charge in [-0.1, -0.05) is 27.5 Å². The number of rotatable bonds is 4. The lowest BCUT2D eigenvalue weighted by atomic mass is 10.0. The highest BCUT2D eigenvalue weighted by atomic mass is 79.9. The average molecular weight is 308 g/mol. The second kappa shape index (κ2) is 5.52. The van der Waals surface area contributed by atoms with Gasteiger partial charge in [0, 0.05) is 17.9 Å². The van der Waals surface area contributed by atoms with Gasteiger partial charge in [0.25, 0.3) is 0 Å². The van der Waals surface area contributed by atoms with Crippen LogP contribution in [0.25, 0.3) is 0 Å². The molecular formula is C11H16BrClN2O. The number of methoxy groups -OCH3 is 1. The number of nitrogens with zero attached hydrogens (tertiary/aromatic N) is 2. The predicted octanol–water partition coefficient (Wildman–Crippen LogP) is 3.21. The van der Waals surface area contributed by atoms with Crippen molar-refractivity contribution in [3.63, 3.8) is 0 Å². The third kappa shape index (κ3) is 2.60. The van der Waals surface area contributed by atoms with Crippen molar-refractivity contribution in [1.82, 2.24) is 9.78 Å². The zero-order valence-corrected chi connectivity index (χ0v) is 11.7. The Kier molecular flexibility index (Phi) is 4.27.